The Bertz CT molecular complexity index is 737. The van der Waals surface area contributed by atoms with Crippen molar-refractivity contribution >= 4 is 11.6 Å². The molecule has 1 N–H and O–H groups in total. The van der Waals surface area contributed by atoms with Gasteiger partial charge in [-0.3, -0.25) is 0 Å². The molecule has 3 aromatic rings. The van der Waals surface area contributed by atoms with Crippen LogP contribution >= 0.6 is 0 Å². The number of carbonyl (C=O) groups is 1. The Hall–Kier alpha value is -3.03. The van der Waals surface area contributed by atoms with Gasteiger partial charge in [-0.1, -0.05) is 0 Å². The minimum Gasteiger partial charge on any atom is -0.478 e. The molecule has 2 aromatic heterocycles. The van der Waals surface area contributed by atoms with E-state index in [9.17, 15) is 4.79 Å². The van der Waals surface area contributed by atoms with Crippen LogP contribution in [0.15, 0.2) is 36.4 Å². The van der Waals surface area contributed by atoms with E-state index in [4.69, 9.17) is 9.84 Å². The number of carboxylic acid groups (broad SMARTS) is 1. The molecule has 3 rings (SSSR count). The fourth-order valence-corrected chi connectivity index (χ4v) is 1.47. The van der Waals surface area contributed by atoms with Gasteiger partial charge in [0.25, 0.3) is 0 Å². The van der Waals surface area contributed by atoms with E-state index in [1.54, 1.807) is 24.3 Å². The zero-order valence-electron chi connectivity index (χ0n) is 9.46. The molecule has 0 aliphatic rings. The predicted molar refractivity (Wildman–Crippen MR) is 62.1 cm³/mol. The van der Waals surface area contributed by atoms with Crippen molar-refractivity contribution in [2.24, 2.45) is 0 Å². The van der Waals surface area contributed by atoms with Gasteiger partial charge in [0.05, 0.1) is 5.56 Å². The number of aromatic nitrogens is 5. The quantitative estimate of drug-likeness (QED) is 0.746. The molecule has 19 heavy (non-hydrogen) atoms. The predicted octanol–water partition coefficient (Wildman–Crippen LogP) is 1.01. The molecule has 94 valence electrons. The van der Waals surface area contributed by atoms with Crippen LogP contribution in [-0.2, 0) is 0 Å². The lowest BCUT2D eigenvalue weighted by Crippen LogP contribution is -1.98. The number of carboxylic acids is 1. The van der Waals surface area contributed by atoms with E-state index < -0.39 is 5.97 Å². The maximum Gasteiger partial charge on any atom is 0.335 e. The van der Waals surface area contributed by atoms with Gasteiger partial charge in [-0.25, -0.2) is 4.79 Å². The third-order valence-corrected chi connectivity index (χ3v) is 2.37. The number of aromatic carboxylic acids is 1. The number of nitrogens with zero attached hydrogens (tertiary/aromatic N) is 5. The van der Waals surface area contributed by atoms with Gasteiger partial charge in [0.15, 0.2) is 5.65 Å². The van der Waals surface area contributed by atoms with Crippen LogP contribution in [0.3, 0.4) is 0 Å². The smallest absolute Gasteiger partial charge is 0.335 e. The number of hydrogen-bond acceptors (Lipinski definition) is 6. The zero-order valence-corrected chi connectivity index (χ0v) is 9.46. The van der Waals surface area contributed by atoms with E-state index in [1.807, 2.05) is 0 Å². The summed E-state index contributed by atoms with van der Waals surface area (Å²) in [7, 11) is 0. The van der Waals surface area contributed by atoms with Crippen LogP contribution in [0.25, 0.3) is 5.65 Å². The first-order valence-electron chi connectivity index (χ1n) is 5.29. The molecule has 1 aromatic carbocycles. The molecule has 0 fully saturated rings. The van der Waals surface area contributed by atoms with Crippen molar-refractivity contribution in [2.45, 2.75) is 0 Å². The van der Waals surface area contributed by atoms with Gasteiger partial charge in [0.1, 0.15) is 5.75 Å². The van der Waals surface area contributed by atoms with E-state index in [0.29, 0.717) is 17.3 Å². The molecule has 0 unspecified atom stereocenters. The van der Waals surface area contributed by atoms with E-state index in [0.717, 1.165) is 0 Å². The molecule has 0 saturated heterocycles. The summed E-state index contributed by atoms with van der Waals surface area (Å²) in [4.78, 5) is 10.7. The first kappa shape index (κ1) is 11.1. The van der Waals surface area contributed by atoms with Crippen molar-refractivity contribution in [3.05, 3.63) is 42.0 Å². The zero-order chi connectivity index (χ0) is 13.2. The van der Waals surface area contributed by atoms with Crippen molar-refractivity contribution in [3.8, 4) is 11.6 Å². The Balaban J connectivity index is 1.85. The molecule has 8 nitrogen and oxygen atoms in total. The largest absolute Gasteiger partial charge is 0.478 e. The van der Waals surface area contributed by atoms with Crippen molar-refractivity contribution in [2.75, 3.05) is 0 Å². The number of hydrogen-bond donors (Lipinski definition) is 1. The molecule has 2 heterocycles. The number of tetrazole rings is 1. The van der Waals surface area contributed by atoms with Gasteiger partial charge in [-0.2, -0.15) is 0 Å². The third-order valence-electron chi connectivity index (χ3n) is 2.37. The van der Waals surface area contributed by atoms with Gasteiger partial charge in [0, 0.05) is 6.07 Å². The molecule has 0 saturated carbocycles. The fraction of sp³-hybridized carbons (Fsp3) is 0. The summed E-state index contributed by atoms with van der Waals surface area (Å²) < 4.78 is 6.71. The van der Waals surface area contributed by atoms with E-state index in [1.165, 1.54) is 16.8 Å². The highest BCUT2D eigenvalue weighted by Gasteiger charge is 2.05. The highest BCUT2D eigenvalue weighted by atomic mass is 16.5. The summed E-state index contributed by atoms with van der Waals surface area (Å²) >= 11 is 0. The highest BCUT2D eigenvalue weighted by Crippen LogP contribution is 2.19. The van der Waals surface area contributed by atoms with Gasteiger partial charge < -0.3 is 9.84 Å². The van der Waals surface area contributed by atoms with Crippen LogP contribution in [0.4, 0.5) is 0 Å². The molecule has 0 bridgehead atoms. The van der Waals surface area contributed by atoms with Crippen LogP contribution < -0.4 is 4.74 Å². The Morgan fingerprint density at radius 3 is 2.68 bits per heavy atom. The minimum atomic E-state index is -0.986. The van der Waals surface area contributed by atoms with Crippen LogP contribution in [0.2, 0.25) is 0 Å². The number of fused-ring (bicyclic) bond motifs is 1. The topological polar surface area (TPSA) is 102 Å². The maximum absolute atomic E-state index is 10.7. The Labute approximate surface area is 106 Å². The fourth-order valence-electron chi connectivity index (χ4n) is 1.47. The van der Waals surface area contributed by atoms with Gasteiger partial charge >= 0.3 is 5.97 Å². The maximum atomic E-state index is 10.7. The standard InChI is InChI=1S/C11H7N5O3/c17-11(18)7-1-3-8(4-2-7)19-10-6-5-9-12-14-15-16(9)13-10/h1-6H,(H,17,18). The number of ether oxygens (including phenoxy) is 1. The van der Waals surface area contributed by atoms with E-state index in [-0.39, 0.29) is 5.56 Å². The molecular weight excluding hydrogens is 250 g/mol. The van der Waals surface area contributed by atoms with Crippen LogP contribution in [-0.4, -0.2) is 36.3 Å². The molecule has 0 spiro atoms. The monoisotopic (exact) mass is 257 g/mol. The summed E-state index contributed by atoms with van der Waals surface area (Å²) in [5.74, 6) is -0.201. The van der Waals surface area contributed by atoms with Gasteiger partial charge in [-0.15, -0.1) is 14.8 Å². The Morgan fingerprint density at radius 2 is 1.95 bits per heavy atom. The average molecular weight is 257 g/mol. The lowest BCUT2D eigenvalue weighted by Gasteiger charge is -2.04. The first-order valence-corrected chi connectivity index (χ1v) is 5.29. The molecular formula is C11H7N5O3. The second-order valence-electron chi connectivity index (χ2n) is 3.63. The van der Waals surface area contributed by atoms with Gasteiger partial charge in [-0.05, 0) is 40.8 Å². The lowest BCUT2D eigenvalue weighted by atomic mass is 10.2. The van der Waals surface area contributed by atoms with Crippen LogP contribution in [0.5, 0.6) is 11.6 Å². The highest BCUT2D eigenvalue weighted by molar-refractivity contribution is 5.87. The van der Waals surface area contributed by atoms with E-state index in [2.05, 4.69) is 20.6 Å². The summed E-state index contributed by atoms with van der Waals surface area (Å²) in [6.07, 6.45) is 0. The molecule has 0 atom stereocenters. The van der Waals surface area contributed by atoms with Crippen LogP contribution in [0.1, 0.15) is 10.4 Å². The molecule has 0 aliphatic carbocycles. The van der Waals surface area contributed by atoms with E-state index >= 15 is 0 Å². The van der Waals surface area contributed by atoms with Crippen molar-refractivity contribution in [1.29, 1.82) is 0 Å². The summed E-state index contributed by atoms with van der Waals surface area (Å²) in [6, 6.07) is 9.29. The molecule has 8 heteroatoms. The number of rotatable bonds is 3. The number of benzene rings is 1. The lowest BCUT2D eigenvalue weighted by molar-refractivity contribution is 0.0697. The Morgan fingerprint density at radius 1 is 1.16 bits per heavy atom. The summed E-state index contributed by atoms with van der Waals surface area (Å²) in [5, 5.41) is 23.6. The SMILES string of the molecule is O=C(O)c1ccc(Oc2ccc3nnnn3n2)cc1. The second kappa shape index (κ2) is 4.33. The van der Waals surface area contributed by atoms with Crippen molar-refractivity contribution in [1.82, 2.24) is 25.3 Å². The van der Waals surface area contributed by atoms with Crippen molar-refractivity contribution < 1.29 is 14.6 Å². The minimum absolute atomic E-state index is 0.191. The first-order chi connectivity index (χ1) is 9.22. The Kier molecular flexibility index (Phi) is 2.53. The van der Waals surface area contributed by atoms with Gasteiger partial charge in [0.2, 0.25) is 5.88 Å². The second-order valence-corrected chi connectivity index (χ2v) is 3.63. The van der Waals surface area contributed by atoms with Crippen molar-refractivity contribution in [3.63, 3.8) is 0 Å². The molecule has 0 amide bonds. The normalized spacial score (nSPS) is 10.5. The summed E-state index contributed by atoms with van der Waals surface area (Å²) in [5.41, 5.74) is 0.699. The average Bonchev–Trinajstić information content (AvgIpc) is 2.87. The third kappa shape index (κ3) is 2.18. The molecule has 0 radical (unpaired) electrons. The van der Waals surface area contributed by atoms with Crippen LogP contribution in [0, 0.1) is 0 Å². The summed E-state index contributed by atoms with van der Waals surface area (Å²) in [6.45, 7) is 0. The molecule has 0 aliphatic heterocycles.